The number of methoxy groups -OCH3 is 1. The average molecular weight is 421 g/mol. The standard InChI is InChI=1S/C25H28N2O4/c1-15-6-11-21(16(2)12-15)27-24(28)22(19-7-9-20(30-5)10-8-19)23(25(27)29)26-13-17(3)31-18(4)14-26/h6-12,17-18H,13-14H2,1-5H3. The van der Waals surface area contributed by atoms with Crippen LogP contribution in [0.15, 0.2) is 48.2 Å². The van der Waals surface area contributed by atoms with Crippen LogP contribution < -0.4 is 9.64 Å². The summed E-state index contributed by atoms with van der Waals surface area (Å²) in [4.78, 5) is 30.7. The molecule has 6 nitrogen and oxygen atoms in total. The fourth-order valence-electron chi connectivity index (χ4n) is 4.46. The number of benzene rings is 2. The summed E-state index contributed by atoms with van der Waals surface area (Å²) in [5.41, 5.74) is 4.16. The van der Waals surface area contributed by atoms with Crippen molar-refractivity contribution in [3.63, 3.8) is 0 Å². The number of ether oxygens (including phenoxy) is 2. The topological polar surface area (TPSA) is 59.1 Å². The molecule has 2 aliphatic heterocycles. The number of nitrogens with zero attached hydrogens (tertiary/aromatic N) is 2. The summed E-state index contributed by atoms with van der Waals surface area (Å²) in [6, 6.07) is 13.0. The molecule has 0 bridgehead atoms. The monoisotopic (exact) mass is 420 g/mol. The van der Waals surface area contributed by atoms with E-state index in [4.69, 9.17) is 9.47 Å². The molecule has 0 aliphatic carbocycles. The highest BCUT2D eigenvalue weighted by atomic mass is 16.5. The van der Waals surface area contributed by atoms with E-state index in [1.807, 2.05) is 75.1 Å². The Kier molecular flexibility index (Phi) is 5.58. The number of carbonyl (C=O) groups is 2. The summed E-state index contributed by atoms with van der Waals surface area (Å²) in [6.07, 6.45) is -0.0714. The zero-order valence-corrected chi connectivity index (χ0v) is 18.6. The van der Waals surface area contributed by atoms with Gasteiger partial charge in [-0.3, -0.25) is 9.59 Å². The molecule has 2 unspecified atom stereocenters. The minimum absolute atomic E-state index is 0.0357. The largest absolute Gasteiger partial charge is 0.497 e. The van der Waals surface area contributed by atoms with Crippen molar-refractivity contribution in [2.24, 2.45) is 0 Å². The smallest absolute Gasteiger partial charge is 0.282 e. The van der Waals surface area contributed by atoms with Crippen molar-refractivity contribution < 1.29 is 19.1 Å². The average Bonchev–Trinajstić information content (AvgIpc) is 2.98. The fraction of sp³-hybridized carbons (Fsp3) is 0.360. The van der Waals surface area contributed by atoms with Gasteiger partial charge >= 0.3 is 0 Å². The van der Waals surface area contributed by atoms with Gasteiger partial charge in [0.25, 0.3) is 11.8 Å². The number of morpholine rings is 1. The van der Waals surface area contributed by atoms with E-state index in [0.29, 0.717) is 41.4 Å². The van der Waals surface area contributed by atoms with E-state index in [1.54, 1.807) is 7.11 Å². The molecule has 6 heteroatoms. The van der Waals surface area contributed by atoms with Gasteiger partial charge in [-0.15, -0.1) is 0 Å². The molecule has 2 aromatic carbocycles. The van der Waals surface area contributed by atoms with Crippen LogP contribution in [-0.2, 0) is 14.3 Å². The molecule has 2 aromatic rings. The van der Waals surface area contributed by atoms with Crippen molar-refractivity contribution in [2.75, 3.05) is 25.1 Å². The van der Waals surface area contributed by atoms with Gasteiger partial charge in [0.05, 0.1) is 30.6 Å². The molecule has 2 atom stereocenters. The molecular weight excluding hydrogens is 392 g/mol. The minimum Gasteiger partial charge on any atom is -0.497 e. The second kappa shape index (κ2) is 8.19. The summed E-state index contributed by atoms with van der Waals surface area (Å²) < 4.78 is 11.1. The third kappa shape index (κ3) is 3.83. The Bertz CT molecular complexity index is 1050. The van der Waals surface area contributed by atoms with E-state index < -0.39 is 0 Å². The Morgan fingerprint density at radius 1 is 0.935 bits per heavy atom. The Morgan fingerprint density at radius 2 is 1.58 bits per heavy atom. The van der Waals surface area contributed by atoms with Crippen molar-refractivity contribution in [3.05, 3.63) is 64.9 Å². The van der Waals surface area contributed by atoms with Crippen LogP contribution in [0.25, 0.3) is 5.57 Å². The third-order valence-corrected chi connectivity index (χ3v) is 5.77. The molecule has 0 radical (unpaired) electrons. The van der Waals surface area contributed by atoms with E-state index >= 15 is 0 Å². The van der Waals surface area contributed by atoms with Crippen molar-refractivity contribution in [3.8, 4) is 5.75 Å². The molecule has 0 aromatic heterocycles. The highest BCUT2D eigenvalue weighted by molar-refractivity contribution is 6.45. The van der Waals surface area contributed by atoms with Gasteiger partial charge in [-0.25, -0.2) is 4.90 Å². The first-order valence-corrected chi connectivity index (χ1v) is 10.5. The van der Waals surface area contributed by atoms with Gasteiger partial charge in [0.15, 0.2) is 0 Å². The Hall–Kier alpha value is -3.12. The number of anilines is 1. The van der Waals surface area contributed by atoms with Crippen LogP contribution in [0.5, 0.6) is 5.75 Å². The Morgan fingerprint density at radius 3 is 2.16 bits per heavy atom. The summed E-state index contributed by atoms with van der Waals surface area (Å²) in [5.74, 6) is 0.107. The normalized spacial score (nSPS) is 21.8. The van der Waals surface area contributed by atoms with Crippen LogP contribution in [0, 0.1) is 13.8 Å². The van der Waals surface area contributed by atoms with Crippen molar-refractivity contribution in [1.29, 1.82) is 0 Å². The van der Waals surface area contributed by atoms with Crippen LogP contribution >= 0.6 is 0 Å². The van der Waals surface area contributed by atoms with E-state index in [0.717, 1.165) is 11.1 Å². The quantitative estimate of drug-likeness (QED) is 0.706. The zero-order chi connectivity index (χ0) is 22.3. The summed E-state index contributed by atoms with van der Waals surface area (Å²) in [5, 5.41) is 0. The molecule has 2 amide bonds. The van der Waals surface area contributed by atoms with Gasteiger partial charge in [-0.1, -0.05) is 29.8 Å². The molecular formula is C25H28N2O4. The van der Waals surface area contributed by atoms with Crippen LogP contribution in [0.2, 0.25) is 0 Å². The van der Waals surface area contributed by atoms with Gasteiger partial charge < -0.3 is 14.4 Å². The first-order valence-electron chi connectivity index (χ1n) is 10.5. The van der Waals surface area contributed by atoms with Gasteiger partial charge in [-0.2, -0.15) is 0 Å². The van der Waals surface area contributed by atoms with Crippen molar-refractivity contribution >= 4 is 23.1 Å². The lowest BCUT2D eigenvalue weighted by Gasteiger charge is -2.37. The van der Waals surface area contributed by atoms with E-state index in [-0.39, 0.29) is 24.0 Å². The highest BCUT2D eigenvalue weighted by Gasteiger charge is 2.44. The number of hydrogen-bond donors (Lipinski definition) is 0. The van der Waals surface area contributed by atoms with E-state index in [9.17, 15) is 9.59 Å². The van der Waals surface area contributed by atoms with Gasteiger partial charge in [0.2, 0.25) is 0 Å². The van der Waals surface area contributed by atoms with Gasteiger partial charge in [0, 0.05) is 13.1 Å². The molecule has 2 aliphatic rings. The van der Waals surface area contributed by atoms with Crippen molar-refractivity contribution in [2.45, 2.75) is 39.9 Å². The number of aryl methyl sites for hydroxylation is 2. The maximum atomic E-state index is 13.7. The van der Waals surface area contributed by atoms with E-state index in [2.05, 4.69) is 0 Å². The first kappa shape index (κ1) is 21.1. The molecule has 4 rings (SSSR count). The fourth-order valence-corrected chi connectivity index (χ4v) is 4.46. The Labute approximate surface area is 183 Å². The van der Waals surface area contributed by atoms with Gasteiger partial charge in [0.1, 0.15) is 11.4 Å². The predicted molar refractivity (Wildman–Crippen MR) is 120 cm³/mol. The van der Waals surface area contributed by atoms with Gasteiger partial charge in [-0.05, 0) is 57.0 Å². The summed E-state index contributed by atoms with van der Waals surface area (Å²) in [6.45, 7) is 9.00. The van der Waals surface area contributed by atoms with Crippen molar-refractivity contribution in [1.82, 2.24) is 4.90 Å². The highest BCUT2D eigenvalue weighted by Crippen LogP contribution is 2.37. The van der Waals surface area contributed by atoms with Crippen LogP contribution in [-0.4, -0.2) is 49.1 Å². The lowest BCUT2D eigenvalue weighted by molar-refractivity contribution is -0.121. The molecule has 31 heavy (non-hydrogen) atoms. The second-order valence-electron chi connectivity index (χ2n) is 8.35. The molecule has 0 saturated carbocycles. The number of rotatable bonds is 4. The molecule has 0 N–H and O–H groups in total. The zero-order valence-electron chi connectivity index (χ0n) is 18.6. The third-order valence-electron chi connectivity index (χ3n) is 5.77. The number of carbonyl (C=O) groups excluding carboxylic acids is 2. The van der Waals surface area contributed by atoms with E-state index in [1.165, 1.54) is 4.90 Å². The number of imide groups is 1. The number of amides is 2. The SMILES string of the molecule is COc1ccc(C2=C(N3CC(C)OC(C)C3)C(=O)N(c3ccc(C)cc3C)C2=O)cc1. The second-order valence-corrected chi connectivity index (χ2v) is 8.35. The minimum atomic E-state index is -0.302. The maximum absolute atomic E-state index is 13.7. The molecule has 2 heterocycles. The molecule has 1 saturated heterocycles. The van der Waals surface area contributed by atoms with Crippen LogP contribution in [0.4, 0.5) is 5.69 Å². The molecule has 162 valence electrons. The summed E-state index contributed by atoms with van der Waals surface area (Å²) in [7, 11) is 1.60. The predicted octanol–water partition coefficient (Wildman–Crippen LogP) is 3.71. The van der Waals surface area contributed by atoms with Crippen LogP contribution in [0.3, 0.4) is 0 Å². The Balaban J connectivity index is 1.84. The van der Waals surface area contributed by atoms with Crippen LogP contribution in [0.1, 0.15) is 30.5 Å². The first-order chi connectivity index (χ1) is 14.8. The lowest BCUT2D eigenvalue weighted by atomic mass is 10.0. The number of hydrogen-bond acceptors (Lipinski definition) is 5. The summed E-state index contributed by atoms with van der Waals surface area (Å²) >= 11 is 0. The maximum Gasteiger partial charge on any atom is 0.282 e. The molecule has 0 spiro atoms. The molecule has 1 fully saturated rings. The lowest BCUT2D eigenvalue weighted by Crippen LogP contribution is -2.47.